The van der Waals surface area contributed by atoms with Crippen molar-refractivity contribution in [2.24, 2.45) is 5.73 Å². The van der Waals surface area contributed by atoms with Gasteiger partial charge in [0.15, 0.2) is 0 Å². The fourth-order valence-corrected chi connectivity index (χ4v) is 2.98. The van der Waals surface area contributed by atoms with Crippen molar-refractivity contribution < 1.29 is 4.74 Å². The summed E-state index contributed by atoms with van der Waals surface area (Å²) in [6, 6.07) is 5.71. The first-order valence-electron chi connectivity index (χ1n) is 6.55. The summed E-state index contributed by atoms with van der Waals surface area (Å²) in [7, 11) is 0. The summed E-state index contributed by atoms with van der Waals surface area (Å²) in [5.41, 5.74) is 7.97. The minimum atomic E-state index is 0.0696. The lowest BCUT2D eigenvalue weighted by atomic mass is 10.1. The van der Waals surface area contributed by atoms with Crippen LogP contribution in [0.15, 0.2) is 18.2 Å². The number of rotatable bonds is 5. The largest absolute Gasteiger partial charge is 0.486 e. The van der Waals surface area contributed by atoms with Gasteiger partial charge in [-0.15, -0.1) is 11.3 Å². The van der Waals surface area contributed by atoms with Gasteiger partial charge in [-0.3, -0.25) is 0 Å². The SMILES string of the molecule is Cc1nc(COc2ccc(Cl)cc2CC(C)N)sc1C. The highest BCUT2D eigenvalue weighted by molar-refractivity contribution is 7.11. The zero-order valence-corrected chi connectivity index (χ0v) is 13.5. The van der Waals surface area contributed by atoms with Crippen molar-refractivity contribution in [1.82, 2.24) is 4.98 Å². The number of hydrogen-bond donors (Lipinski definition) is 1. The Bertz CT molecular complexity index is 576. The number of halogens is 1. The molecule has 20 heavy (non-hydrogen) atoms. The van der Waals surface area contributed by atoms with Gasteiger partial charge >= 0.3 is 0 Å². The number of hydrogen-bond acceptors (Lipinski definition) is 4. The molecule has 1 heterocycles. The second kappa shape index (κ2) is 6.57. The van der Waals surface area contributed by atoms with Gasteiger partial charge in [-0.1, -0.05) is 11.6 Å². The molecule has 0 fully saturated rings. The van der Waals surface area contributed by atoms with E-state index in [1.807, 2.05) is 32.0 Å². The third-order valence-corrected chi connectivity index (χ3v) is 4.27. The van der Waals surface area contributed by atoms with Crippen LogP contribution in [0.25, 0.3) is 0 Å². The van der Waals surface area contributed by atoms with Gasteiger partial charge in [-0.05, 0) is 51.0 Å². The molecule has 0 aliphatic rings. The Morgan fingerprint density at radius 2 is 2.15 bits per heavy atom. The summed E-state index contributed by atoms with van der Waals surface area (Å²) in [5.74, 6) is 0.831. The minimum absolute atomic E-state index is 0.0696. The molecular weight excluding hydrogens is 292 g/mol. The van der Waals surface area contributed by atoms with E-state index in [1.54, 1.807) is 11.3 Å². The van der Waals surface area contributed by atoms with Crippen LogP contribution in [0.1, 0.15) is 28.1 Å². The molecule has 0 saturated carbocycles. The number of aryl methyl sites for hydroxylation is 2. The van der Waals surface area contributed by atoms with Crippen LogP contribution in [0.3, 0.4) is 0 Å². The third kappa shape index (κ3) is 3.95. The Morgan fingerprint density at radius 1 is 1.40 bits per heavy atom. The van der Waals surface area contributed by atoms with E-state index < -0.39 is 0 Å². The molecule has 3 nitrogen and oxygen atoms in total. The second-order valence-corrected chi connectivity index (χ2v) is 6.70. The van der Waals surface area contributed by atoms with E-state index in [4.69, 9.17) is 22.1 Å². The van der Waals surface area contributed by atoms with Crippen molar-refractivity contribution in [3.63, 3.8) is 0 Å². The molecule has 0 aliphatic heterocycles. The van der Waals surface area contributed by atoms with Crippen LogP contribution in [0.2, 0.25) is 5.02 Å². The molecule has 1 unspecified atom stereocenters. The Labute approximate surface area is 128 Å². The molecule has 0 saturated heterocycles. The molecular formula is C15H19ClN2OS. The van der Waals surface area contributed by atoms with Crippen LogP contribution in [-0.4, -0.2) is 11.0 Å². The van der Waals surface area contributed by atoms with E-state index in [0.717, 1.165) is 28.4 Å². The molecule has 1 aromatic heterocycles. The van der Waals surface area contributed by atoms with Crippen molar-refractivity contribution in [1.29, 1.82) is 0 Å². The summed E-state index contributed by atoms with van der Waals surface area (Å²) in [4.78, 5) is 5.71. The van der Waals surface area contributed by atoms with E-state index in [9.17, 15) is 0 Å². The summed E-state index contributed by atoms with van der Waals surface area (Å²) >= 11 is 7.70. The van der Waals surface area contributed by atoms with Crippen molar-refractivity contribution in [2.75, 3.05) is 0 Å². The van der Waals surface area contributed by atoms with Gasteiger partial charge in [0.25, 0.3) is 0 Å². The molecule has 0 amide bonds. The zero-order chi connectivity index (χ0) is 14.7. The van der Waals surface area contributed by atoms with Crippen LogP contribution < -0.4 is 10.5 Å². The van der Waals surface area contributed by atoms with Gasteiger partial charge in [0.05, 0.1) is 5.69 Å². The van der Waals surface area contributed by atoms with Crippen LogP contribution in [0.4, 0.5) is 0 Å². The fraction of sp³-hybridized carbons (Fsp3) is 0.400. The molecule has 1 aromatic carbocycles. The predicted octanol–water partition coefficient (Wildman–Crippen LogP) is 3.88. The van der Waals surface area contributed by atoms with Crippen LogP contribution in [-0.2, 0) is 13.0 Å². The molecule has 2 rings (SSSR count). The van der Waals surface area contributed by atoms with Gasteiger partial charge in [-0.25, -0.2) is 4.98 Å². The molecule has 5 heteroatoms. The number of ether oxygens (including phenoxy) is 1. The quantitative estimate of drug-likeness (QED) is 0.911. The number of thiazole rings is 1. The summed E-state index contributed by atoms with van der Waals surface area (Å²) < 4.78 is 5.88. The minimum Gasteiger partial charge on any atom is -0.486 e. The van der Waals surface area contributed by atoms with Crippen molar-refractivity contribution >= 4 is 22.9 Å². The summed E-state index contributed by atoms with van der Waals surface area (Å²) in [6.45, 7) is 6.53. The number of nitrogens with two attached hydrogens (primary N) is 1. The van der Waals surface area contributed by atoms with E-state index >= 15 is 0 Å². The van der Waals surface area contributed by atoms with Gasteiger partial charge in [0.1, 0.15) is 17.4 Å². The Balaban J connectivity index is 2.12. The number of benzene rings is 1. The lowest BCUT2D eigenvalue weighted by molar-refractivity contribution is 0.301. The molecule has 0 aliphatic carbocycles. The maximum Gasteiger partial charge on any atom is 0.140 e. The molecule has 108 valence electrons. The van der Waals surface area contributed by atoms with Gasteiger partial charge in [0.2, 0.25) is 0 Å². The van der Waals surface area contributed by atoms with Gasteiger partial charge in [0, 0.05) is 15.9 Å². The van der Waals surface area contributed by atoms with Crippen LogP contribution in [0.5, 0.6) is 5.75 Å². The van der Waals surface area contributed by atoms with Gasteiger partial charge < -0.3 is 10.5 Å². The second-order valence-electron chi connectivity index (χ2n) is 4.97. The average molecular weight is 311 g/mol. The molecule has 2 aromatic rings. The topological polar surface area (TPSA) is 48.1 Å². The van der Waals surface area contributed by atoms with Crippen molar-refractivity contribution in [3.8, 4) is 5.75 Å². The normalized spacial score (nSPS) is 12.4. The van der Waals surface area contributed by atoms with Crippen molar-refractivity contribution in [2.45, 2.75) is 39.8 Å². The van der Waals surface area contributed by atoms with Gasteiger partial charge in [-0.2, -0.15) is 0 Å². The molecule has 0 radical (unpaired) electrons. The number of aromatic nitrogens is 1. The smallest absolute Gasteiger partial charge is 0.140 e. The number of nitrogens with zero attached hydrogens (tertiary/aromatic N) is 1. The third-order valence-electron chi connectivity index (χ3n) is 2.99. The lowest BCUT2D eigenvalue weighted by Crippen LogP contribution is -2.18. The lowest BCUT2D eigenvalue weighted by Gasteiger charge is -2.12. The molecule has 2 N–H and O–H groups in total. The molecule has 0 bridgehead atoms. The Morgan fingerprint density at radius 3 is 2.75 bits per heavy atom. The first-order valence-corrected chi connectivity index (χ1v) is 7.75. The standard InChI is InChI=1S/C15H19ClN2OS/c1-9(17)6-12-7-13(16)4-5-14(12)19-8-15-18-10(2)11(3)20-15/h4-5,7,9H,6,8,17H2,1-3H3. The predicted molar refractivity (Wildman–Crippen MR) is 84.7 cm³/mol. The molecule has 1 atom stereocenters. The van der Waals surface area contributed by atoms with E-state index in [0.29, 0.717) is 11.6 Å². The van der Waals surface area contributed by atoms with Crippen LogP contribution >= 0.6 is 22.9 Å². The maximum absolute atomic E-state index is 6.03. The fourth-order valence-electron chi connectivity index (χ4n) is 1.94. The van der Waals surface area contributed by atoms with Crippen molar-refractivity contribution in [3.05, 3.63) is 44.4 Å². The maximum atomic E-state index is 6.03. The molecule has 0 spiro atoms. The first-order chi connectivity index (χ1) is 9.45. The van der Waals surface area contributed by atoms with Crippen LogP contribution in [0, 0.1) is 13.8 Å². The van der Waals surface area contributed by atoms with E-state index in [2.05, 4.69) is 11.9 Å². The highest BCUT2D eigenvalue weighted by Gasteiger charge is 2.09. The monoisotopic (exact) mass is 310 g/mol. The summed E-state index contributed by atoms with van der Waals surface area (Å²) in [5, 5.41) is 1.69. The average Bonchev–Trinajstić information content (AvgIpc) is 2.67. The van der Waals surface area contributed by atoms with E-state index in [1.165, 1.54) is 4.88 Å². The van der Waals surface area contributed by atoms with E-state index in [-0.39, 0.29) is 6.04 Å². The zero-order valence-electron chi connectivity index (χ0n) is 11.9. The first kappa shape index (κ1) is 15.3. The Hall–Kier alpha value is -1.10. The highest BCUT2D eigenvalue weighted by Crippen LogP contribution is 2.26. The summed E-state index contributed by atoms with van der Waals surface area (Å²) in [6.07, 6.45) is 0.742. The Kier molecular flexibility index (Phi) is 5.02. The highest BCUT2D eigenvalue weighted by atomic mass is 35.5.